The van der Waals surface area contributed by atoms with Crippen LogP contribution in [0.15, 0.2) is 34.2 Å². The van der Waals surface area contributed by atoms with E-state index in [9.17, 15) is 14.0 Å². The first-order valence-corrected chi connectivity index (χ1v) is 13.0. The molecule has 1 aromatic carbocycles. The number of likely N-dealkylation sites (tertiary alicyclic amines) is 1. The van der Waals surface area contributed by atoms with Gasteiger partial charge in [-0.1, -0.05) is 23.9 Å². The average Bonchev–Trinajstić information content (AvgIpc) is 3.18. The van der Waals surface area contributed by atoms with Crippen molar-refractivity contribution < 1.29 is 9.18 Å². The molecule has 8 heteroatoms. The van der Waals surface area contributed by atoms with Crippen LogP contribution in [0.2, 0.25) is 0 Å². The minimum absolute atomic E-state index is 0.0506. The lowest BCUT2D eigenvalue weighted by atomic mass is 9.97. The molecule has 1 unspecified atom stereocenters. The van der Waals surface area contributed by atoms with E-state index in [1.165, 1.54) is 27.3 Å². The third-order valence-electron chi connectivity index (χ3n) is 6.35. The fourth-order valence-corrected chi connectivity index (χ4v) is 7.00. The number of halogens is 1. The summed E-state index contributed by atoms with van der Waals surface area (Å²) in [6, 6.07) is 6.28. The highest BCUT2D eigenvalue weighted by Crippen LogP contribution is 2.36. The molecule has 2 aromatic heterocycles. The maximum Gasteiger partial charge on any atom is 0.267 e. The first kappa shape index (κ1) is 21.6. The zero-order valence-corrected chi connectivity index (χ0v) is 19.7. The Labute approximate surface area is 194 Å². The van der Waals surface area contributed by atoms with Gasteiger partial charge in [-0.3, -0.25) is 14.2 Å². The molecule has 1 aliphatic carbocycles. The number of hydrogen-bond donors (Lipinski definition) is 0. The van der Waals surface area contributed by atoms with Crippen LogP contribution in [0.5, 0.6) is 0 Å². The topological polar surface area (TPSA) is 55.2 Å². The van der Waals surface area contributed by atoms with Crippen LogP contribution in [-0.2, 0) is 17.6 Å². The van der Waals surface area contributed by atoms with E-state index >= 15 is 0 Å². The average molecular weight is 472 g/mol. The summed E-state index contributed by atoms with van der Waals surface area (Å²) in [4.78, 5) is 35.4. The number of carbonyl (C=O) groups excluding carboxylic acids is 1. The number of aromatic nitrogens is 2. The van der Waals surface area contributed by atoms with Crippen molar-refractivity contribution in [1.82, 2.24) is 14.5 Å². The molecule has 1 fully saturated rings. The zero-order valence-electron chi connectivity index (χ0n) is 18.1. The predicted octanol–water partition coefficient (Wildman–Crippen LogP) is 4.96. The highest BCUT2D eigenvalue weighted by molar-refractivity contribution is 8.00. The summed E-state index contributed by atoms with van der Waals surface area (Å²) < 4.78 is 16.2. The number of fused-ring (bicyclic) bond motifs is 3. The van der Waals surface area contributed by atoms with Crippen LogP contribution in [0.1, 0.15) is 49.5 Å². The Morgan fingerprint density at radius 1 is 1.12 bits per heavy atom. The third-order valence-corrected chi connectivity index (χ3v) is 8.57. The number of thiophene rings is 1. The van der Waals surface area contributed by atoms with E-state index in [2.05, 4.69) is 0 Å². The number of para-hydroxylation sites is 1. The molecular weight excluding hydrogens is 445 g/mol. The first-order valence-electron chi connectivity index (χ1n) is 11.3. The van der Waals surface area contributed by atoms with Gasteiger partial charge in [-0.05, 0) is 69.6 Å². The number of benzene rings is 1. The summed E-state index contributed by atoms with van der Waals surface area (Å²) in [6.07, 6.45) is 7.18. The van der Waals surface area contributed by atoms with Crippen molar-refractivity contribution in [3.63, 3.8) is 0 Å². The molecule has 2 aliphatic rings. The standard InChI is InChI=1S/C24H26FN3O2S2/c1-15(22(29)27-13-7-2-8-14-27)31-24-26-21-20(16-9-3-6-12-19(16)32-21)23(30)28(24)18-11-5-4-10-17(18)25/h4-5,10-11,15H,2-3,6-9,12-14H2,1H3. The second-order valence-electron chi connectivity index (χ2n) is 8.52. The van der Waals surface area contributed by atoms with E-state index in [1.807, 2.05) is 11.8 Å². The maximum atomic E-state index is 14.8. The third kappa shape index (κ3) is 3.88. The smallest absolute Gasteiger partial charge is 0.267 e. The molecule has 5 nitrogen and oxygen atoms in total. The van der Waals surface area contributed by atoms with Gasteiger partial charge in [-0.15, -0.1) is 11.3 Å². The van der Waals surface area contributed by atoms with Crippen molar-refractivity contribution in [3.8, 4) is 5.69 Å². The van der Waals surface area contributed by atoms with Crippen LogP contribution in [-0.4, -0.2) is 38.7 Å². The number of rotatable bonds is 4. The second kappa shape index (κ2) is 8.98. The van der Waals surface area contributed by atoms with Crippen LogP contribution in [0.3, 0.4) is 0 Å². The molecule has 1 aliphatic heterocycles. The minimum Gasteiger partial charge on any atom is -0.342 e. The number of aryl methyl sites for hydroxylation is 2. The van der Waals surface area contributed by atoms with Crippen molar-refractivity contribution in [1.29, 1.82) is 0 Å². The van der Waals surface area contributed by atoms with Crippen LogP contribution in [0.4, 0.5) is 4.39 Å². The fraction of sp³-hybridized carbons (Fsp3) is 0.458. The van der Waals surface area contributed by atoms with Gasteiger partial charge in [-0.2, -0.15) is 0 Å². The number of carbonyl (C=O) groups is 1. The Morgan fingerprint density at radius 3 is 2.66 bits per heavy atom. The van der Waals surface area contributed by atoms with E-state index in [-0.39, 0.29) is 17.2 Å². The van der Waals surface area contributed by atoms with Crippen molar-refractivity contribution in [2.24, 2.45) is 0 Å². The molecule has 1 saturated heterocycles. The monoisotopic (exact) mass is 471 g/mol. The Morgan fingerprint density at radius 2 is 1.88 bits per heavy atom. The van der Waals surface area contributed by atoms with Gasteiger partial charge in [0.15, 0.2) is 5.16 Å². The lowest BCUT2D eigenvalue weighted by Gasteiger charge is -2.29. The molecule has 1 amide bonds. The molecule has 5 rings (SSSR count). The molecule has 0 spiro atoms. The molecule has 168 valence electrons. The molecule has 0 bridgehead atoms. The highest BCUT2D eigenvalue weighted by Gasteiger charge is 2.28. The second-order valence-corrected chi connectivity index (χ2v) is 10.9. The van der Waals surface area contributed by atoms with Gasteiger partial charge in [0.05, 0.1) is 16.3 Å². The summed E-state index contributed by atoms with van der Waals surface area (Å²) in [5.41, 5.74) is 1.02. The normalized spacial score (nSPS) is 17.4. The number of piperidine rings is 1. The summed E-state index contributed by atoms with van der Waals surface area (Å²) in [6.45, 7) is 3.39. The molecule has 0 N–H and O–H groups in total. The van der Waals surface area contributed by atoms with Gasteiger partial charge >= 0.3 is 0 Å². The summed E-state index contributed by atoms with van der Waals surface area (Å²) in [7, 11) is 0. The number of amides is 1. The van der Waals surface area contributed by atoms with Gasteiger partial charge in [-0.25, -0.2) is 9.37 Å². The number of nitrogens with zero attached hydrogens (tertiary/aromatic N) is 3. The predicted molar refractivity (Wildman–Crippen MR) is 128 cm³/mol. The van der Waals surface area contributed by atoms with Crippen LogP contribution < -0.4 is 5.56 Å². The summed E-state index contributed by atoms with van der Waals surface area (Å²) >= 11 is 2.82. The Kier molecular flexibility index (Phi) is 6.07. The van der Waals surface area contributed by atoms with Gasteiger partial charge in [0, 0.05) is 18.0 Å². The quantitative estimate of drug-likeness (QED) is 0.399. The Bertz CT molecular complexity index is 1230. The fourth-order valence-electron chi connectivity index (χ4n) is 4.69. The Balaban J connectivity index is 1.62. The van der Waals surface area contributed by atoms with Crippen LogP contribution in [0, 0.1) is 5.82 Å². The van der Waals surface area contributed by atoms with Gasteiger partial charge in [0.25, 0.3) is 5.56 Å². The zero-order chi connectivity index (χ0) is 22.2. The van der Waals surface area contributed by atoms with Crippen LogP contribution >= 0.6 is 23.1 Å². The van der Waals surface area contributed by atoms with E-state index in [0.717, 1.165) is 63.6 Å². The first-order chi connectivity index (χ1) is 15.5. The molecule has 0 saturated carbocycles. The van der Waals surface area contributed by atoms with Crippen molar-refractivity contribution in [2.45, 2.75) is 62.3 Å². The summed E-state index contributed by atoms with van der Waals surface area (Å²) in [5, 5.41) is 0.585. The highest BCUT2D eigenvalue weighted by atomic mass is 32.2. The SMILES string of the molecule is CC(Sc1nc2sc3c(c2c(=O)n1-c1ccccc1F)CCCC3)C(=O)N1CCCCC1. The molecule has 3 aromatic rings. The molecule has 1 atom stereocenters. The lowest BCUT2D eigenvalue weighted by Crippen LogP contribution is -2.40. The maximum absolute atomic E-state index is 14.8. The molecule has 0 radical (unpaired) electrons. The van der Waals surface area contributed by atoms with E-state index in [4.69, 9.17) is 4.98 Å². The summed E-state index contributed by atoms with van der Waals surface area (Å²) in [5.74, 6) is -0.425. The van der Waals surface area contributed by atoms with Gasteiger partial charge in [0.1, 0.15) is 10.6 Å². The molecule has 32 heavy (non-hydrogen) atoms. The van der Waals surface area contributed by atoms with E-state index < -0.39 is 11.1 Å². The Hall–Kier alpha value is -2.19. The number of thioether (sulfide) groups is 1. The number of hydrogen-bond acceptors (Lipinski definition) is 5. The molecular formula is C24H26FN3O2S2. The lowest BCUT2D eigenvalue weighted by molar-refractivity contribution is -0.131. The largest absolute Gasteiger partial charge is 0.342 e. The van der Waals surface area contributed by atoms with Gasteiger partial charge < -0.3 is 4.90 Å². The van der Waals surface area contributed by atoms with Crippen molar-refractivity contribution in [2.75, 3.05) is 13.1 Å². The van der Waals surface area contributed by atoms with Crippen LogP contribution in [0.25, 0.3) is 15.9 Å². The van der Waals surface area contributed by atoms with Crippen molar-refractivity contribution in [3.05, 3.63) is 50.9 Å². The molecule has 3 heterocycles. The van der Waals surface area contributed by atoms with Crippen molar-refractivity contribution >= 4 is 39.2 Å². The van der Waals surface area contributed by atoms with E-state index in [0.29, 0.717) is 15.4 Å². The van der Waals surface area contributed by atoms with Gasteiger partial charge in [0.2, 0.25) is 5.91 Å². The van der Waals surface area contributed by atoms with E-state index in [1.54, 1.807) is 29.5 Å². The minimum atomic E-state index is -0.475.